The maximum Gasteiger partial charge on any atom is 0.226 e. The monoisotopic (exact) mass is 403 g/mol. The quantitative estimate of drug-likeness (QED) is 0.729. The minimum atomic E-state index is -0.315. The number of aromatic nitrogens is 1. The Labute approximate surface area is 166 Å². The zero-order valence-corrected chi connectivity index (χ0v) is 17.3. The highest BCUT2D eigenvalue weighted by atomic mass is 35.5. The number of hydrogen-bond donors (Lipinski definition) is 2. The molecule has 0 bridgehead atoms. The van der Waals surface area contributed by atoms with Gasteiger partial charge in [-0.3, -0.25) is 4.79 Å². The molecular formula is C18H27Cl2N3OS. The molecule has 0 atom stereocenters. The number of hydrogen-bond acceptors (Lipinski definition) is 4. The first-order valence-electron chi connectivity index (χ1n) is 8.03. The second-order valence-corrected chi connectivity index (χ2v) is 6.89. The summed E-state index contributed by atoms with van der Waals surface area (Å²) in [7, 11) is 0. The highest BCUT2D eigenvalue weighted by molar-refractivity contribution is 7.13. The lowest BCUT2D eigenvalue weighted by atomic mass is 9.94. The van der Waals surface area contributed by atoms with Crippen LogP contribution in [0.3, 0.4) is 0 Å². The first kappa shape index (κ1) is 23.9. The molecule has 0 radical (unpaired) electrons. The van der Waals surface area contributed by atoms with Crippen molar-refractivity contribution < 1.29 is 4.79 Å². The van der Waals surface area contributed by atoms with Crippen LogP contribution in [0.25, 0.3) is 10.6 Å². The summed E-state index contributed by atoms with van der Waals surface area (Å²) in [5.41, 5.74) is 9.00. The molecule has 25 heavy (non-hydrogen) atoms. The lowest BCUT2D eigenvalue weighted by Gasteiger charge is -2.26. The Morgan fingerprint density at radius 3 is 2.36 bits per heavy atom. The van der Waals surface area contributed by atoms with Crippen LogP contribution >= 0.6 is 36.2 Å². The van der Waals surface area contributed by atoms with Gasteiger partial charge in [0.05, 0.1) is 12.1 Å². The Balaban J connectivity index is 0.00000288. The number of amides is 1. The lowest BCUT2D eigenvalue weighted by molar-refractivity contribution is -0.120. The fourth-order valence-electron chi connectivity index (χ4n) is 2.22. The molecule has 0 aliphatic carbocycles. The van der Waals surface area contributed by atoms with E-state index in [1.807, 2.05) is 19.2 Å². The van der Waals surface area contributed by atoms with Crippen LogP contribution in [-0.2, 0) is 11.2 Å². The van der Waals surface area contributed by atoms with E-state index >= 15 is 0 Å². The summed E-state index contributed by atoms with van der Waals surface area (Å²) in [5.74, 6) is -0.0255. The zero-order chi connectivity index (χ0) is 16.9. The predicted molar refractivity (Wildman–Crippen MR) is 111 cm³/mol. The molecule has 7 heteroatoms. The SMILES string of the molecule is CCC(N)(CC)CNC(=O)Cc1csc(-c2ccc(C)cc2)n1.Cl.Cl. The van der Waals surface area contributed by atoms with Crippen LogP contribution in [0.2, 0.25) is 0 Å². The highest BCUT2D eigenvalue weighted by Gasteiger charge is 2.21. The molecule has 0 fully saturated rings. The van der Waals surface area contributed by atoms with Crippen LogP contribution in [0.5, 0.6) is 0 Å². The number of carbonyl (C=O) groups is 1. The molecule has 0 spiro atoms. The van der Waals surface area contributed by atoms with Gasteiger partial charge in [-0.05, 0) is 19.8 Å². The summed E-state index contributed by atoms with van der Waals surface area (Å²) in [6, 6.07) is 8.26. The van der Waals surface area contributed by atoms with Gasteiger partial charge in [0.25, 0.3) is 0 Å². The molecule has 1 amide bonds. The second-order valence-electron chi connectivity index (χ2n) is 6.03. The third kappa shape index (κ3) is 6.94. The standard InChI is InChI=1S/C18H25N3OS.2ClH/c1-4-18(19,5-2)12-20-16(22)10-15-11-23-17(21-15)14-8-6-13(3)7-9-14;;/h6-9,11H,4-5,10,12,19H2,1-3H3,(H,20,22);2*1H. The summed E-state index contributed by atoms with van der Waals surface area (Å²) in [4.78, 5) is 16.6. The van der Waals surface area contributed by atoms with Crippen LogP contribution in [0.15, 0.2) is 29.6 Å². The highest BCUT2D eigenvalue weighted by Crippen LogP contribution is 2.24. The van der Waals surface area contributed by atoms with Crippen LogP contribution < -0.4 is 11.1 Å². The minimum Gasteiger partial charge on any atom is -0.354 e. The first-order chi connectivity index (χ1) is 11.0. The average molecular weight is 404 g/mol. The summed E-state index contributed by atoms with van der Waals surface area (Å²) in [5, 5.41) is 5.83. The predicted octanol–water partition coefficient (Wildman–Crippen LogP) is 4.14. The third-order valence-corrected chi connectivity index (χ3v) is 5.18. The average Bonchev–Trinajstić information content (AvgIpc) is 3.01. The molecule has 0 aliphatic rings. The summed E-state index contributed by atoms with van der Waals surface area (Å²) >= 11 is 1.57. The van der Waals surface area contributed by atoms with Gasteiger partial charge in [0.15, 0.2) is 0 Å². The minimum absolute atomic E-state index is 0. The van der Waals surface area contributed by atoms with E-state index in [1.54, 1.807) is 11.3 Å². The number of nitrogens with zero attached hydrogens (tertiary/aromatic N) is 1. The van der Waals surface area contributed by atoms with Crippen molar-refractivity contribution in [3.63, 3.8) is 0 Å². The molecule has 3 N–H and O–H groups in total. The van der Waals surface area contributed by atoms with Gasteiger partial charge in [0.2, 0.25) is 5.91 Å². The Kier molecular flexibility index (Phi) is 10.3. The summed E-state index contributed by atoms with van der Waals surface area (Å²) in [6.45, 7) is 6.66. The van der Waals surface area contributed by atoms with Crippen molar-refractivity contribution in [3.8, 4) is 10.6 Å². The van der Waals surface area contributed by atoms with E-state index < -0.39 is 0 Å². The molecule has 2 aromatic rings. The third-order valence-electron chi connectivity index (χ3n) is 4.24. The van der Waals surface area contributed by atoms with Gasteiger partial charge >= 0.3 is 0 Å². The molecule has 2 rings (SSSR count). The molecule has 0 aliphatic heterocycles. The molecular weight excluding hydrogens is 377 g/mol. The van der Waals surface area contributed by atoms with Gasteiger partial charge < -0.3 is 11.1 Å². The van der Waals surface area contributed by atoms with Crippen molar-refractivity contribution >= 4 is 42.1 Å². The molecule has 0 saturated heterocycles. The maximum atomic E-state index is 12.1. The molecule has 0 saturated carbocycles. The Hall–Kier alpha value is -1.14. The van der Waals surface area contributed by atoms with Gasteiger partial charge in [-0.1, -0.05) is 43.7 Å². The summed E-state index contributed by atoms with van der Waals surface area (Å²) in [6.07, 6.45) is 1.99. The number of nitrogens with one attached hydrogen (secondary N) is 1. The number of halogens is 2. The number of rotatable bonds is 7. The number of benzene rings is 1. The van der Waals surface area contributed by atoms with Gasteiger partial charge in [0, 0.05) is 23.0 Å². The van der Waals surface area contributed by atoms with E-state index in [0.717, 1.165) is 29.1 Å². The summed E-state index contributed by atoms with van der Waals surface area (Å²) < 4.78 is 0. The van der Waals surface area contributed by atoms with Gasteiger partial charge in [0.1, 0.15) is 5.01 Å². The Morgan fingerprint density at radius 2 is 1.80 bits per heavy atom. The number of aryl methyl sites for hydroxylation is 1. The van der Waals surface area contributed by atoms with E-state index in [4.69, 9.17) is 5.73 Å². The van der Waals surface area contributed by atoms with Crippen molar-refractivity contribution in [1.29, 1.82) is 0 Å². The first-order valence-corrected chi connectivity index (χ1v) is 8.91. The van der Waals surface area contributed by atoms with Crippen LogP contribution in [0, 0.1) is 6.92 Å². The van der Waals surface area contributed by atoms with Crippen molar-refractivity contribution in [2.24, 2.45) is 5.73 Å². The molecule has 4 nitrogen and oxygen atoms in total. The normalized spacial score (nSPS) is 10.6. The number of thiazole rings is 1. The fraction of sp³-hybridized carbons (Fsp3) is 0.444. The van der Waals surface area contributed by atoms with Crippen LogP contribution in [0.1, 0.15) is 37.9 Å². The van der Waals surface area contributed by atoms with Crippen LogP contribution in [-0.4, -0.2) is 23.0 Å². The van der Waals surface area contributed by atoms with Crippen molar-refractivity contribution in [1.82, 2.24) is 10.3 Å². The van der Waals surface area contributed by atoms with E-state index in [0.29, 0.717) is 13.0 Å². The Morgan fingerprint density at radius 1 is 1.20 bits per heavy atom. The van der Waals surface area contributed by atoms with Crippen LogP contribution in [0.4, 0.5) is 0 Å². The molecule has 0 unspecified atom stereocenters. The molecule has 1 aromatic heterocycles. The van der Waals surface area contributed by atoms with E-state index in [9.17, 15) is 4.79 Å². The molecule has 140 valence electrons. The maximum absolute atomic E-state index is 12.1. The number of nitrogens with two attached hydrogens (primary N) is 1. The van der Waals surface area contributed by atoms with E-state index in [2.05, 4.69) is 41.5 Å². The van der Waals surface area contributed by atoms with Gasteiger partial charge in [-0.25, -0.2) is 4.98 Å². The number of carbonyl (C=O) groups excluding carboxylic acids is 1. The second kappa shape index (κ2) is 10.8. The van der Waals surface area contributed by atoms with Gasteiger partial charge in [-0.15, -0.1) is 36.2 Å². The van der Waals surface area contributed by atoms with Crippen molar-refractivity contribution in [2.75, 3.05) is 6.54 Å². The van der Waals surface area contributed by atoms with E-state index in [-0.39, 0.29) is 36.3 Å². The van der Waals surface area contributed by atoms with Crippen molar-refractivity contribution in [3.05, 3.63) is 40.9 Å². The lowest BCUT2D eigenvalue weighted by Crippen LogP contribution is -2.49. The van der Waals surface area contributed by atoms with Gasteiger partial charge in [-0.2, -0.15) is 0 Å². The zero-order valence-electron chi connectivity index (χ0n) is 14.9. The largest absolute Gasteiger partial charge is 0.354 e. The van der Waals surface area contributed by atoms with E-state index in [1.165, 1.54) is 5.56 Å². The topological polar surface area (TPSA) is 68.0 Å². The Bertz CT molecular complexity index is 655. The fourth-order valence-corrected chi connectivity index (χ4v) is 3.04. The molecule has 1 heterocycles. The molecule has 1 aromatic carbocycles. The smallest absolute Gasteiger partial charge is 0.226 e. The van der Waals surface area contributed by atoms with Crippen molar-refractivity contribution in [2.45, 2.75) is 45.6 Å².